The van der Waals surface area contributed by atoms with E-state index >= 15 is 0 Å². The summed E-state index contributed by atoms with van der Waals surface area (Å²) < 4.78 is 15.4. The zero-order valence-corrected chi connectivity index (χ0v) is 13.8. The van der Waals surface area contributed by atoms with Crippen LogP contribution in [0.4, 0.5) is 0 Å². The first-order valence-electron chi connectivity index (χ1n) is 7.55. The molecule has 7 heteroatoms. The SMILES string of the molecule is CCOC(=O)CNC(=O)[C@@H](C)Oc1ccc2c(C)cc(=O)oc2c1. The molecule has 1 aromatic heterocycles. The molecule has 1 amide bonds. The quantitative estimate of drug-likeness (QED) is 0.636. The van der Waals surface area contributed by atoms with Crippen molar-refractivity contribution in [1.82, 2.24) is 5.32 Å². The molecule has 24 heavy (non-hydrogen) atoms. The summed E-state index contributed by atoms with van der Waals surface area (Å²) in [6.07, 6.45) is -0.826. The number of hydrogen-bond acceptors (Lipinski definition) is 6. The van der Waals surface area contributed by atoms with E-state index in [4.69, 9.17) is 13.9 Å². The maximum Gasteiger partial charge on any atom is 0.336 e. The summed E-state index contributed by atoms with van der Waals surface area (Å²) in [7, 11) is 0. The van der Waals surface area contributed by atoms with Crippen LogP contribution in [0.15, 0.2) is 33.5 Å². The summed E-state index contributed by atoms with van der Waals surface area (Å²) in [6, 6.07) is 6.41. The standard InChI is InChI=1S/C17H19NO6/c1-4-22-16(20)9-18-17(21)11(3)23-12-5-6-13-10(2)7-15(19)24-14(13)8-12/h5-8,11H,4,9H2,1-3H3,(H,18,21)/t11-/m1/s1. The Hall–Kier alpha value is -2.83. The number of amides is 1. The van der Waals surface area contributed by atoms with E-state index in [-0.39, 0.29) is 13.2 Å². The van der Waals surface area contributed by atoms with Crippen LogP contribution in [-0.2, 0) is 14.3 Å². The van der Waals surface area contributed by atoms with Gasteiger partial charge in [0, 0.05) is 17.5 Å². The van der Waals surface area contributed by atoms with Crippen LogP contribution in [0.5, 0.6) is 5.75 Å². The van der Waals surface area contributed by atoms with Gasteiger partial charge in [0.1, 0.15) is 17.9 Å². The topological polar surface area (TPSA) is 94.8 Å². The molecule has 0 spiro atoms. The fourth-order valence-corrected chi connectivity index (χ4v) is 2.15. The Morgan fingerprint density at radius 1 is 1.29 bits per heavy atom. The minimum atomic E-state index is -0.826. The Morgan fingerprint density at radius 2 is 2.04 bits per heavy atom. The third kappa shape index (κ3) is 4.34. The van der Waals surface area contributed by atoms with Crippen LogP contribution in [-0.4, -0.2) is 31.1 Å². The molecular formula is C17H19NO6. The van der Waals surface area contributed by atoms with Crippen molar-refractivity contribution in [2.45, 2.75) is 26.9 Å². The molecule has 128 valence electrons. The third-order valence-electron chi connectivity index (χ3n) is 3.32. The van der Waals surface area contributed by atoms with Gasteiger partial charge in [-0.1, -0.05) is 0 Å². The number of fused-ring (bicyclic) bond motifs is 1. The third-order valence-corrected chi connectivity index (χ3v) is 3.32. The summed E-state index contributed by atoms with van der Waals surface area (Å²) in [6.45, 7) is 5.09. The summed E-state index contributed by atoms with van der Waals surface area (Å²) in [5, 5.41) is 3.22. The molecule has 1 atom stereocenters. The van der Waals surface area contributed by atoms with Crippen LogP contribution in [0.2, 0.25) is 0 Å². The zero-order valence-electron chi connectivity index (χ0n) is 13.8. The minimum absolute atomic E-state index is 0.216. The van der Waals surface area contributed by atoms with E-state index in [1.54, 1.807) is 32.0 Å². The molecule has 2 rings (SSSR count). The highest BCUT2D eigenvalue weighted by atomic mass is 16.5. The van der Waals surface area contributed by atoms with Gasteiger partial charge in [-0.3, -0.25) is 9.59 Å². The molecule has 0 aliphatic rings. The summed E-state index contributed by atoms with van der Waals surface area (Å²) in [4.78, 5) is 34.6. The fraction of sp³-hybridized carbons (Fsp3) is 0.353. The maximum atomic E-state index is 11.9. The normalized spacial score (nSPS) is 11.8. The van der Waals surface area contributed by atoms with Crippen molar-refractivity contribution in [2.75, 3.05) is 13.2 Å². The molecule has 1 N–H and O–H groups in total. The van der Waals surface area contributed by atoms with E-state index in [1.165, 1.54) is 6.07 Å². The molecule has 0 saturated carbocycles. The number of benzene rings is 1. The van der Waals surface area contributed by atoms with E-state index in [2.05, 4.69) is 5.32 Å². The van der Waals surface area contributed by atoms with Gasteiger partial charge in [0.2, 0.25) is 0 Å². The largest absolute Gasteiger partial charge is 0.481 e. The molecule has 7 nitrogen and oxygen atoms in total. The number of hydrogen-bond donors (Lipinski definition) is 1. The van der Waals surface area contributed by atoms with Crippen LogP contribution >= 0.6 is 0 Å². The van der Waals surface area contributed by atoms with Crippen LogP contribution in [0.1, 0.15) is 19.4 Å². The molecular weight excluding hydrogens is 314 g/mol. The lowest BCUT2D eigenvalue weighted by atomic mass is 10.1. The Balaban J connectivity index is 2.04. The average Bonchev–Trinajstić information content (AvgIpc) is 2.52. The maximum absolute atomic E-state index is 11.9. The van der Waals surface area contributed by atoms with Crippen molar-refractivity contribution < 1.29 is 23.5 Å². The van der Waals surface area contributed by atoms with Gasteiger partial charge in [0.05, 0.1) is 6.61 Å². The van der Waals surface area contributed by atoms with Gasteiger partial charge in [-0.15, -0.1) is 0 Å². The number of carbonyl (C=O) groups excluding carboxylic acids is 2. The number of carbonyl (C=O) groups is 2. The number of ether oxygens (including phenoxy) is 2. The molecule has 0 saturated heterocycles. The highest BCUT2D eigenvalue weighted by Gasteiger charge is 2.16. The van der Waals surface area contributed by atoms with E-state index in [1.807, 2.05) is 6.92 Å². The number of esters is 1. The van der Waals surface area contributed by atoms with Gasteiger partial charge in [0.25, 0.3) is 5.91 Å². The number of aryl methyl sites for hydroxylation is 1. The molecule has 1 heterocycles. The smallest absolute Gasteiger partial charge is 0.336 e. The first-order chi connectivity index (χ1) is 11.4. The summed E-state index contributed by atoms with van der Waals surface area (Å²) in [5.41, 5.74) is 0.738. The predicted octanol–water partition coefficient (Wildman–Crippen LogP) is 1.55. The van der Waals surface area contributed by atoms with Crippen LogP contribution in [0, 0.1) is 6.92 Å². The van der Waals surface area contributed by atoms with Gasteiger partial charge in [-0.05, 0) is 38.5 Å². The van der Waals surface area contributed by atoms with Gasteiger partial charge >= 0.3 is 11.6 Å². The molecule has 0 unspecified atom stereocenters. The van der Waals surface area contributed by atoms with Crippen LogP contribution in [0.3, 0.4) is 0 Å². The second-order valence-electron chi connectivity index (χ2n) is 5.19. The highest BCUT2D eigenvalue weighted by molar-refractivity contribution is 5.85. The van der Waals surface area contributed by atoms with E-state index in [0.717, 1.165) is 10.9 Å². The van der Waals surface area contributed by atoms with Crippen molar-refractivity contribution in [1.29, 1.82) is 0 Å². The van der Waals surface area contributed by atoms with Crippen molar-refractivity contribution in [3.8, 4) is 5.75 Å². The van der Waals surface area contributed by atoms with Crippen LogP contribution < -0.4 is 15.7 Å². The zero-order chi connectivity index (χ0) is 17.7. The van der Waals surface area contributed by atoms with Crippen molar-refractivity contribution in [2.24, 2.45) is 0 Å². The highest BCUT2D eigenvalue weighted by Crippen LogP contribution is 2.22. The van der Waals surface area contributed by atoms with Crippen molar-refractivity contribution in [3.05, 3.63) is 40.2 Å². The summed E-state index contributed by atoms with van der Waals surface area (Å²) in [5.74, 6) is -0.579. The minimum Gasteiger partial charge on any atom is -0.481 e. The van der Waals surface area contributed by atoms with E-state index in [0.29, 0.717) is 11.3 Å². The number of rotatable bonds is 6. The van der Waals surface area contributed by atoms with Gasteiger partial charge in [0.15, 0.2) is 6.10 Å². The Morgan fingerprint density at radius 3 is 2.75 bits per heavy atom. The second kappa shape index (κ2) is 7.63. The number of nitrogens with one attached hydrogen (secondary N) is 1. The van der Waals surface area contributed by atoms with E-state index in [9.17, 15) is 14.4 Å². The molecule has 0 aliphatic heterocycles. The predicted molar refractivity (Wildman–Crippen MR) is 87.0 cm³/mol. The molecule has 0 bridgehead atoms. The Labute approximate surface area is 138 Å². The average molecular weight is 333 g/mol. The van der Waals surface area contributed by atoms with E-state index < -0.39 is 23.6 Å². The van der Waals surface area contributed by atoms with Crippen molar-refractivity contribution in [3.63, 3.8) is 0 Å². The van der Waals surface area contributed by atoms with Crippen LogP contribution in [0.25, 0.3) is 11.0 Å². The molecule has 2 aromatic rings. The Kier molecular flexibility index (Phi) is 5.57. The lowest BCUT2D eigenvalue weighted by molar-refractivity contribution is -0.144. The lowest BCUT2D eigenvalue weighted by Gasteiger charge is -2.14. The van der Waals surface area contributed by atoms with Gasteiger partial charge < -0.3 is 19.2 Å². The monoisotopic (exact) mass is 333 g/mol. The molecule has 1 aromatic carbocycles. The molecule has 0 aliphatic carbocycles. The molecule has 0 fully saturated rings. The first-order valence-corrected chi connectivity index (χ1v) is 7.55. The second-order valence-corrected chi connectivity index (χ2v) is 5.19. The molecule has 0 radical (unpaired) electrons. The summed E-state index contributed by atoms with van der Waals surface area (Å²) >= 11 is 0. The first kappa shape index (κ1) is 17.5. The van der Waals surface area contributed by atoms with Crippen molar-refractivity contribution >= 4 is 22.8 Å². The fourth-order valence-electron chi connectivity index (χ4n) is 2.15. The lowest BCUT2D eigenvalue weighted by Crippen LogP contribution is -2.39. The Bertz CT molecular complexity index is 810. The van der Waals surface area contributed by atoms with Gasteiger partial charge in [-0.25, -0.2) is 4.79 Å². The van der Waals surface area contributed by atoms with Gasteiger partial charge in [-0.2, -0.15) is 0 Å².